The molecule has 1 heterocycles. The van der Waals surface area contributed by atoms with Crippen molar-refractivity contribution in [2.45, 2.75) is 13.8 Å². The molecule has 0 radical (unpaired) electrons. The molecule has 0 unspecified atom stereocenters. The SMILES string of the molecule is COc1nc([NH2+]c2cc(C)cc(C)c2)nc(OC)n1.F[B-](F)(F)F. The molecule has 0 atom stereocenters. The molecule has 0 aliphatic rings. The van der Waals surface area contributed by atoms with Crippen molar-refractivity contribution >= 4 is 18.9 Å². The lowest BCUT2D eigenvalue weighted by Crippen LogP contribution is -2.72. The highest BCUT2D eigenvalue weighted by Crippen LogP contribution is 2.12. The van der Waals surface area contributed by atoms with E-state index >= 15 is 0 Å². The highest BCUT2D eigenvalue weighted by atomic mass is 19.5. The molecular formula is C13H17BF4N4O2. The van der Waals surface area contributed by atoms with Gasteiger partial charge in [0.05, 0.1) is 14.2 Å². The Morgan fingerprint density at radius 1 is 0.833 bits per heavy atom. The molecule has 0 amide bonds. The van der Waals surface area contributed by atoms with Crippen molar-refractivity contribution in [3.63, 3.8) is 0 Å². The van der Waals surface area contributed by atoms with Crippen molar-refractivity contribution in [3.05, 3.63) is 29.3 Å². The van der Waals surface area contributed by atoms with E-state index in [1.54, 1.807) is 0 Å². The Kier molecular flexibility index (Phi) is 6.89. The summed E-state index contributed by atoms with van der Waals surface area (Å²) in [5.41, 5.74) is 3.42. The summed E-state index contributed by atoms with van der Waals surface area (Å²) in [7, 11) is -2.98. The number of aromatic nitrogens is 3. The van der Waals surface area contributed by atoms with Gasteiger partial charge in [-0.15, -0.1) is 15.0 Å². The monoisotopic (exact) mass is 348 g/mol. The zero-order valence-electron chi connectivity index (χ0n) is 13.6. The first-order chi connectivity index (χ1) is 11.1. The molecule has 2 rings (SSSR count). The van der Waals surface area contributed by atoms with Gasteiger partial charge in [0.2, 0.25) is 0 Å². The van der Waals surface area contributed by atoms with E-state index in [1.807, 2.05) is 5.32 Å². The number of hydrogen-bond donors (Lipinski definition) is 1. The van der Waals surface area contributed by atoms with Crippen molar-refractivity contribution < 1.29 is 32.1 Å². The lowest BCUT2D eigenvalue weighted by Gasteiger charge is -2.04. The number of hydrogen-bond acceptors (Lipinski definition) is 5. The minimum atomic E-state index is -6.00. The van der Waals surface area contributed by atoms with Gasteiger partial charge in [-0.25, -0.2) is 5.32 Å². The van der Waals surface area contributed by atoms with Crippen LogP contribution in [0.15, 0.2) is 18.2 Å². The normalized spacial score (nSPS) is 10.7. The zero-order chi connectivity index (χ0) is 18.3. The topological polar surface area (TPSA) is 73.7 Å². The first kappa shape index (κ1) is 19.6. The fourth-order valence-electron chi connectivity index (χ4n) is 1.84. The Morgan fingerprint density at radius 3 is 1.62 bits per heavy atom. The van der Waals surface area contributed by atoms with Gasteiger partial charge in [-0.3, -0.25) is 0 Å². The molecule has 0 aliphatic carbocycles. The van der Waals surface area contributed by atoms with Crippen molar-refractivity contribution in [2.75, 3.05) is 14.2 Å². The van der Waals surface area contributed by atoms with Gasteiger partial charge >= 0.3 is 25.2 Å². The van der Waals surface area contributed by atoms with Gasteiger partial charge in [-0.2, -0.15) is 0 Å². The van der Waals surface area contributed by atoms with E-state index in [2.05, 4.69) is 47.0 Å². The molecule has 2 N–H and O–H groups in total. The van der Waals surface area contributed by atoms with Gasteiger partial charge < -0.3 is 26.7 Å². The smallest absolute Gasteiger partial charge is 0.466 e. The number of halogens is 4. The first-order valence-corrected chi connectivity index (χ1v) is 6.75. The van der Waals surface area contributed by atoms with Gasteiger partial charge in [0.1, 0.15) is 5.69 Å². The maximum atomic E-state index is 9.75. The molecule has 0 bridgehead atoms. The van der Waals surface area contributed by atoms with E-state index in [0.29, 0.717) is 5.95 Å². The van der Waals surface area contributed by atoms with Crippen LogP contribution in [0.2, 0.25) is 0 Å². The molecule has 2 aromatic rings. The van der Waals surface area contributed by atoms with E-state index in [1.165, 1.54) is 25.3 Å². The van der Waals surface area contributed by atoms with Gasteiger partial charge in [0, 0.05) is 12.1 Å². The lowest BCUT2D eigenvalue weighted by atomic mass is 10.1. The maximum Gasteiger partial charge on any atom is 0.673 e. The summed E-state index contributed by atoms with van der Waals surface area (Å²) in [5.74, 6) is 0.508. The highest BCUT2D eigenvalue weighted by molar-refractivity contribution is 6.50. The summed E-state index contributed by atoms with van der Waals surface area (Å²) in [5, 5.41) is 1.87. The van der Waals surface area contributed by atoms with Gasteiger partial charge in [-0.1, -0.05) is 6.07 Å². The summed E-state index contributed by atoms with van der Waals surface area (Å²) in [6.07, 6.45) is 0. The van der Waals surface area contributed by atoms with Crippen molar-refractivity contribution in [1.82, 2.24) is 15.0 Å². The molecule has 11 heteroatoms. The third-order valence-electron chi connectivity index (χ3n) is 2.52. The number of nitrogens with two attached hydrogens (primary N) is 1. The Bertz CT molecular complexity index is 637. The van der Waals surface area contributed by atoms with E-state index in [4.69, 9.17) is 9.47 Å². The summed E-state index contributed by atoms with van der Waals surface area (Å²) in [4.78, 5) is 12.3. The standard InChI is InChI=1S/C13H16N4O2.BF4/c1-8-5-9(2)7-10(6-8)14-11-15-12(18-3)17-13(16-11)19-4;2-1(3,4)5/h5-7H,1-4H3,(H,14,15,16,17);/q;-1/p+1. The molecular weight excluding hydrogens is 331 g/mol. The third-order valence-corrected chi connectivity index (χ3v) is 2.52. The highest BCUT2D eigenvalue weighted by Gasteiger charge is 2.20. The number of methoxy groups -OCH3 is 2. The Balaban J connectivity index is 0.000000505. The molecule has 0 spiro atoms. The van der Waals surface area contributed by atoms with E-state index < -0.39 is 7.25 Å². The van der Waals surface area contributed by atoms with Crippen LogP contribution in [0, 0.1) is 13.8 Å². The van der Waals surface area contributed by atoms with Crippen LogP contribution < -0.4 is 14.8 Å². The van der Waals surface area contributed by atoms with Crippen molar-refractivity contribution in [2.24, 2.45) is 0 Å². The number of nitrogens with zero attached hydrogens (tertiary/aromatic N) is 3. The van der Waals surface area contributed by atoms with Gasteiger partial charge in [0.15, 0.2) is 0 Å². The van der Waals surface area contributed by atoms with Crippen LogP contribution in [0.3, 0.4) is 0 Å². The van der Waals surface area contributed by atoms with E-state index in [9.17, 15) is 17.3 Å². The zero-order valence-corrected chi connectivity index (χ0v) is 13.6. The number of ether oxygens (including phenoxy) is 2. The van der Waals surface area contributed by atoms with Crippen LogP contribution in [0.1, 0.15) is 11.1 Å². The van der Waals surface area contributed by atoms with Crippen molar-refractivity contribution in [1.29, 1.82) is 0 Å². The first-order valence-electron chi connectivity index (χ1n) is 6.75. The largest absolute Gasteiger partial charge is 0.673 e. The van der Waals surface area contributed by atoms with E-state index in [-0.39, 0.29) is 12.0 Å². The van der Waals surface area contributed by atoms with Crippen LogP contribution in [-0.2, 0) is 0 Å². The Labute approximate surface area is 136 Å². The summed E-state index contributed by atoms with van der Waals surface area (Å²) < 4.78 is 49.0. The molecule has 1 aromatic heterocycles. The predicted molar refractivity (Wildman–Crippen MR) is 80.3 cm³/mol. The van der Waals surface area contributed by atoms with Gasteiger partial charge in [0.25, 0.3) is 0 Å². The quantitative estimate of drug-likeness (QED) is 0.522. The second-order valence-electron chi connectivity index (χ2n) is 4.73. The molecule has 24 heavy (non-hydrogen) atoms. The predicted octanol–water partition coefficient (Wildman–Crippen LogP) is 2.33. The van der Waals surface area contributed by atoms with E-state index in [0.717, 1.165) is 5.69 Å². The lowest BCUT2D eigenvalue weighted by molar-refractivity contribution is -0.487. The minimum absolute atomic E-state index is 0.238. The number of quaternary nitrogens is 1. The molecule has 132 valence electrons. The fourth-order valence-corrected chi connectivity index (χ4v) is 1.84. The molecule has 1 aromatic carbocycles. The second-order valence-corrected chi connectivity index (χ2v) is 4.73. The van der Waals surface area contributed by atoms with Crippen molar-refractivity contribution in [3.8, 4) is 12.0 Å². The third kappa shape index (κ3) is 7.72. The maximum absolute atomic E-state index is 9.75. The average molecular weight is 348 g/mol. The summed E-state index contributed by atoms with van der Waals surface area (Å²) >= 11 is 0. The molecule has 6 nitrogen and oxygen atoms in total. The molecule has 0 aliphatic heterocycles. The second kappa shape index (κ2) is 8.43. The van der Waals surface area contributed by atoms with Crippen LogP contribution in [0.4, 0.5) is 28.9 Å². The minimum Gasteiger partial charge on any atom is -0.466 e. The Hall–Kier alpha value is -2.43. The molecule has 0 fully saturated rings. The molecule has 0 saturated carbocycles. The van der Waals surface area contributed by atoms with Gasteiger partial charge in [-0.05, 0) is 25.0 Å². The number of aryl methyl sites for hydroxylation is 2. The molecule has 0 saturated heterocycles. The number of rotatable bonds is 4. The van der Waals surface area contributed by atoms with Crippen LogP contribution in [0.25, 0.3) is 0 Å². The number of benzene rings is 1. The van der Waals surface area contributed by atoms with Crippen LogP contribution in [-0.4, -0.2) is 36.4 Å². The Morgan fingerprint density at radius 2 is 1.25 bits per heavy atom. The fraction of sp³-hybridized carbons (Fsp3) is 0.308. The van der Waals surface area contributed by atoms with Crippen LogP contribution in [0.5, 0.6) is 12.0 Å². The average Bonchev–Trinajstić information content (AvgIpc) is 2.43. The summed E-state index contributed by atoms with van der Waals surface area (Å²) in [6.45, 7) is 4.11. The van der Waals surface area contributed by atoms with Crippen LogP contribution >= 0.6 is 0 Å². The summed E-state index contributed by atoms with van der Waals surface area (Å²) in [6, 6.07) is 6.72.